The topological polar surface area (TPSA) is 89.7 Å². The summed E-state index contributed by atoms with van der Waals surface area (Å²) in [7, 11) is -3.79. The summed E-state index contributed by atoms with van der Waals surface area (Å²) in [6, 6.07) is 3.61. The lowest BCUT2D eigenvalue weighted by molar-refractivity contribution is -0.122. The minimum absolute atomic E-state index is 0.0198. The Labute approximate surface area is 135 Å². The molecule has 2 rings (SSSR count). The summed E-state index contributed by atoms with van der Waals surface area (Å²) in [5.74, 6) is -1.42. The fraction of sp³-hybridized carbons (Fsp3) is 0.533. The van der Waals surface area contributed by atoms with Gasteiger partial charge in [0.15, 0.2) is 11.6 Å². The summed E-state index contributed by atoms with van der Waals surface area (Å²) in [4.78, 5) is 11.0. The van der Waals surface area contributed by atoms with Gasteiger partial charge in [-0.25, -0.2) is 12.8 Å². The molecule has 1 aliphatic rings. The Morgan fingerprint density at radius 2 is 1.96 bits per heavy atom. The van der Waals surface area contributed by atoms with E-state index >= 15 is 0 Å². The largest absolute Gasteiger partial charge is 0.488 e. The molecule has 1 saturated heterocycles. The maximum absolute atomic E-state index is 14.0. The summed E-state index contributed by atoms with van der Waals surface area (Å²) in [6.07, 6.45) is 0.553. The molecule has 0 atom stereocenters. The van der Waals surface area contributed by atoms with Gasteiger partial charge in [-0.1, -0.05) is 0 Å². The molecule has 0 bridgehead atoms. The van der Waals surface area contributed by atoms with Crippen LogP contribution < -0.4 is 10.5 Å². The lowest BCUT2D eigenvalue weighted by Crippen LogP contribution is -2.41. The van der Waals surface area contributed by atoms with E-state index in [0.29, 0.717) is 12.8 Å². The number of halogens is 1. The Morgan fingerprint density at radius 3 is 2.43 bits per heavy atom. The number of sulfonamides is 1. The van der Waals surface area contributed by atoms with Gasteiger partial charge in [0.25, 0.3) is 0 Å². The Kier molecular flexibility index (Phi) is 5.26. The second-order valence-electron chi connectivity index (χ2n) is 5.84. The zero-order valence-electron chi connectivity index (χ0n) is 13.2. The molecule has 1 amide bonds. The highest BCUT2D eigenvalue weighted by Gasteiger charge is 2.31. The molecule has 6 nitrogen and oxygen atoms in total. The number of hydrogen-bond acceptors (Lipinski definition) is 4. The summed E-state index contributed by atoms with van der Waals surface area (Å²) < 4.78 is 45.6. The van der Waals surface area contributed by atoms with Crippen molar-refractivity contribution in [1.29, 1.82) is 0 Å². The maximum atomic E-state index is 14.0. The summed E-state index contributed by atoms with van der Waals surface area (Å²) in [5.41, 5.74) is 5.24. The van der Waals surface area contributed by atoms with Gasteiger partial charge >= 0.3 is 0 Å². The third-order valence-electron chi connectivity index (χ3n) is 3.76. The number of amides is 1. The molecule has 0 spiro atoms. The van der Waals surface area contributed by atoms with E-state index in [1.165, 1.54) is 16.4 Å². The number of hydrogen-bond donors (Lipinski definition) is 1. The molecule has 1 aromatic rings. The molecule has 2 N–H and O–H groups in total. The lowest BCUT2D eigenvalue weighted by atomic mass is 9.98. The van der Waals surface area contributed by atoms with Crippen LogP contribution in [0.3, 0.4) is 0 Å². The van der Waals surface area contributed by atoms with Crippen molar-refractivity contribution in [3.63, 3.8) is 0 Å². The highest BCUT2D eigenvalue weighted by atomic mass is 32.2. The van der Waals surface area contributed by atoms with Crippen molar-refractivity contribution in [1.82, 2.24) is 4.31 Å². The van der Waals surface area contributed by atoms with Crippen molar-refractivity contribution in [3.05, 3.63) is 24.0 Å². The lowest BCUT2D eigenvalue weighted by Gasteiger charge is -2.29. The van der Waals surface area contributed by atoms with Crippen LogP contribution in [0.25, 0.3) is 0 Å². The average Bonchev–Trinajstić information content (AvgIpc) is 2.49. The number of benzene rings is 1. The van der Waals surface area contributed by atoms with Gasteiger partial charge in [-0.3, -0.25) is 4.79 Å². The fourth-order valence-corrected chi connectivity index (χ4v) is 4.00. The van der Waals surface area contributed by atoms with Crippen LogP contribution in [0.5, 0.6) is 5.75 Å². The Morgan fingerprint density at radius 1 is 1.35 bits per heavy atom. The highest BCUT2D eigenvalue weighted by Crippen LogP contribution is 2.27. The quantitative estimate of drug-likeness (QED) is 0.876. The predicted octanol–water partition coefficient (Wildman–Crippen LogP) is 1.50. The van der Waals surface area contributed by atoms with E-state index in [1.54, 1.807) is 13.8 Å². The first-order chi connectivity index (χ1) is 10.7. The highest BCUT2D eigenvalue weighted by molar-refractivity contribution is 7.89. The molecule has 0 aliphatic carbocycles. The van der Waals surface area contributed by atoms with Crippen molar-refractivity contribution in [2.24, 2.45) is 11.7 Å². The number of ether oxygens (including phenoxy) is 1. The third kappa shape index (κ3) is 4.00. The maximum Gasteiger partial charge on any atom is 0.243 e. The fourth-order valence-electron chi connectivity index (χ4n) is 2.52. The number of nitrogens with two attached hydrogens (primary N) is 1. The molecule has 0 unspecified atom stereocenters. The van der Waals surface area contributed by atoms with Gasteiger partial charge in [-0.05, 0) is 44.9 Å². The number of piperidine rings is 1. The number of carbonyl (C=O) groups is 1. The van der Waals surface area contributed by atoms with Crippen LogP contribution in [-0.4, -0.2) is 37.8 Å². The van der Waals surface area contributed by atoms with E-state index < -0.39 is 21.7 Å². The van der Waals surface area contributed by atoms with Gasteiger partial charge < -0.3 is 10.5 Å². The van der Waals surface area contributed by atoms with E-state index in [1.807, 2.05) is 0 Å². The summed E-state index contributed by atoms with van der Waals surface area (Å²) in [6.45, 7) is 3.91. The van der Waals surface area contributed by atoms with Gasteiger partial charge in [-0.15, -0.1) is 0 Å². The van der Waals surface area contributed by atoms with Crippen molar-refractivity contribution in [3.8, 4) is 5.75 Å². The van der Waals surface area contributed by atoms with Crippen molar-refractivity contribution >= 4 is 15.9 Å². The normalized spacial score (nSPS) is 17.4. The average molecular weight is 344 g/mol. The zero-order chi connectivity index (χ0) is 17.2. The predicted molar refractivity (Wildman–Crippen MR) is 82.8 cm³/mol. The van der Waals surface area contributed by atoms with Crippen LogP contribution in [-0.2, 0) is 14.8 Å². The molecule has 128 valence electrons. The molecule has 0 aromatic heterocycles. The van der Waals surface area contributed by atoms with E-state index in [2.05, 4.69) is 0 Å². The SMILES string of the molecule is CC(C)Oc1ccc(S(=O)(=O)N2CCC(C(N)=O)CC2)cc1F. The first-order valence-corrected chi connectivity index (χ1v) is 8.91. The summed E-state index contributed by atoms with van der Waals surface area (Å²) >= 11 is 0. The van der Waals surface area contributed by atoms with Gasteiger partial charge in [0.05, 0.1) is 11.0 Å². The van der Waals surface area contributed by atoms with E-state index in [4.69, 9.17) is 10.5 Å². The Hall–Kier alpha value is -1.67. The summed E-state index contributed by atoms with van der Waals surface area (Å²) in [5, 5.41) is 0. The van der Waals surface area contributed by atoms with Gasteiger partial charge in [0.1, 0.15) is 0 Å². The van der Waals surface area contributed by atoms with Crippen LogP contribution in [0.2, 0.25) is 0 Å². The van der Waals surface area contributed by atoms with Crippen molar-refractivity contribution in [2.75, 3.05) is 13.1 Å². The smallest absolute Gasteiger partial charge is 0.243 e. The molecule has 1 aromatic carbocycles. The van der Waals surface area contributed by atoms with Gasteiger partial charge in [0, 0.05) is 19.0 Å². The molecule has 1 heterocycles. The second kappa shape index (κ2) is 6.84. The standard InChI is InChI=1S/C15H21FN2O4S/c1-10(2)22-14-4-3-12(9-13(14)16)23(20,21)18-7-5-11(6-8-18)15(17)19/h3-4,9-11H,5-8H2,1-2H3,(H2,17,19). The number of carbonyl (C=O) groups excluding carboxylic acids is 1. The van der Waals surface area contributed by atoms with Crippen LogP contribution in [0.1, 0.15) is 26.7 Å². The van der Waals surface area contributed by atoms with Crippen LogP contribution in [0.4, 0.5) is 4.39 Å². The molecule has 0 radical (unpaired) electrons. The molecule has 1 aliphatic heterocycles. The minimum Gasteiger partial charge on any atom is -0.488 e. The van der Waals surface area contributed by atoms with Crippen molar-refractivity contribution < 1.29 is 22.3 Å². The number of primary amides is 1. The Balaban J connectivity index is 2.17. The van der Waals surface area contributed by atoms with E-state index in [9.17, 15) is 17.6 Å². The molecule has 1 fully saturated rings. The second-order valence-corrected chi connectivity index (χ2v) is 7.78. The first kappa shape index (κ1) is 17.7. The third-order valence-corrected chi connectivity index (χ3v) is 5.65. The molecule has 0 saturated carbocycles. The molecular weight excluding hydrogens is 323 g/mol. The molecule has 23 heavy (non-hydrogen) atoms. The number of rotatable bonds is 5. The first-order valence-electron chi connectivity index (χ1n) is 7.47. The van der Waals surface area contributed by atoms with Crippen LogP contribution in [0.15, 0.2) is 23.1 Å². The molecule has 8 heteroatoms. The number of nitrogens with zero attached hydrogens (tertiary/aromatic N) is 1. The monoisotopic (exact) mass is 344 g/mol. The van der Waals surface area contributed by atoms with Crippen LogP contribution >= 0.6 is 0 Å². The van der Waals surface area contributed by atoms with Gasteiger partial charge in [0.2, 0.25) is 15.9 Å². The van der Waals surface area contributed by atoms with Gasteiger partial charge in [-0.2, -0.15) is 4.31 Å². The Bertz CT molecular complexity index is 683. The zero-order valence-corrected chi connectivity index (χ0v) is 14.0. The molecular formula is C15H21FN2O4S. The van der Waals surface area contributed by atoms with E-state index in [-0.39, 0.29) is 35.8 Å². The van der Waals surface area contributed by atoms with Crippen molar-refractivity contribution in [2.45, 2.75) is 37.7 Å². The van der Waals surface area contributed by atoms with E-state index in [0.717, 1.165) is 6.07 Å². The minimum atomic E-state index is -3.79. The van der Waals surface area contributed by atoms with Crippen LogP contribution in [0, 0.1) is 11.7 Å².